The zero-order valence-corrected chi connectivity index (χ0v) is 14.0. The molecule has 0 spiro atoms. The zero-order valence-electron chi connectivity index (χ0n) is 12.3. The van der Waals surface area contributed by atoms with Crippen LogP contribution in [0.1, 0.15) is 10.4 Å². The molecule has 0 unspecified atom stereocenters. The molecule has 22 heavy (non-hydrogen) atoms. The number of nitrogens with one attached hydrogen (secondary N) is 3. The molecule has 1 aromatic carbocycles. The minimum Gasteiger partial charge on any atom is -0.507 e. The summed E-state index contributed by atoms with van der Waals surface area (Å²) in [6.45, 7) is 1.42. The van der Waals surface area contributed by atoms with Crippen molar-refractivity contribution in [2.75, 3.05) is 14.1 Å². The number of benzene rings is 1. The van der Waals surface area contributed by atoms with E-state index in [0.29, 0.717) is 17.3 Å². The number of aromatic hydroxyl groups is 1. The first kappa shape index (κ1) is 16.8. The Kier molecular flexibility index (Phi) is 5.08. The maximum absolute atomic E-state index is 12.2. The lowest BCUT2D eigenvalue weighted by Gasteiger charge is -2.06. The van der Waals surface area contributed by atoms with Crippen molar-refractivity contribution in [2.24, 2.45) is 0 Å². The highest BCUT2D eigenvalue weighted by atomic mass is 35.5. The van der Waals surface area contributed by atoms with Gasteiger partial charge in [-0.15, -0.1) is 23.7 Å². The molecule has 3 aromatic rings. The molecule has 2 aromatic heterocycles. The maximum Gasteiger partial charge on any atom is 0.257 e. The van der Waals surface area contributed by atoms with Crippen molar-refractivity contribution in [1.29, 1.82) is 0 Å². The van der Waals surface area contributed by atoms with Gasteiger partial charge in [-0.05, 0) is 31.8 Å². The van der Waals surface area contributed by atoms with Gasteiger partial charge in [0.25, 0.3) is 5.56 Å². The molecule has 0 atom stereocenters. The Labute approximate surface area is 137 Å². The van der Waals surface area contributed by atoms with Crippen LogP contribution >= 0.6 is 23.7 Å². The number of aromatic amines is 1. The van der Waals surface area contributed by atoms with E-state index in [0.717, 1.165) is 27.2 Å². The second-order valence-electron chi connectivity index (χ2n) is 4.92. The smallest absolute Gasteiger partial charge is 0.257 e. The summed E-state index contributed by atoms with van der Waals surface area (Å²) >= 11 is 1.56. The first-order chi connectivity index (χ1) is 10.2. The summed E-state index contributed by atoms with van der Waals surface area (Å²) in [5.74, 6) is 0.148. The van der Waals surface area contributed by atoms with Gasteiger partial charge in [0.1, 0.15) is 10.6 Å². The normalized spacial score (nSPS) is 11.0. The molecule has 0 saturated heterocycles. The number of halogens is 1. The first-order valence-electron chi connectivity index (χ1n) is 6.74. The fourth-order valence-corrected chi connectivity index (χ4v) is 3.93. The van der Waals surface area contributed by atoms with E-state index in [1.807, 2.05) is 14.1 Å². The van der Waals surface area contributed by atoms with Gasteiger partial charge in [0.15, 0.2) is 0 Å². The highest BCUT2D eigenvalue weighted by molar-refractivity contribution is 7.19. The van der Waals surface area contributed by atoms with Gasteiger partial charge < -0.3 is 20.7 Å². The summed E-state index contributed by atoms with van der Waals surface area (Å²) in [4.78, 5) is 17.1. The van der Waals surface area contributed by atoms with E-state index in [9.17, 15) is 9.90 Å². The summed E-state index contributed by atoms with van der Waals surface area (Å²) < 4.78 is 0. The van der Waals surface area contributed by atoms with Gasteiger partial charge in [-0.3, -0.25) is 4.79 Å². The summed E-state index contributed by atoms with van der Waals surface area (Å²) in [6, 6.07) is 5.06. The van der Waals surface area contributed by atoms with E-state index in [4.69, 9.17) is 0 Å². The Hall–Kier alpha value is -1.60. The third-order valence-electron chi connectivity index (χ3n) is 3.55. The van der Waals surface area contributed by atoms with Gasteiger partial charge in [-0.25, -0.2) is 0 Å². The fraction of sp³-hybridized carbons (Fsp3) is 0.267. The summed E-state index contributed by atoms with van der Waals surface area (Å²) in [5.41, 5.74) is 0.955. The van der Waals surface area contributed by atoms with Crippen molar-refractivity contribution < 1.29 is 5.11 Å². The van der Waals surface area contributed by atoms with Crippen molar-refractivity contribution >= 4 is 44.7 Å². The van der Waals surface area contributed by atoms with Gasteiger partial charge in [0.05, 0.1) is 5.39 Å². The Bertz CT molecular complexity index is 872. The average molecular weight is 340 g/mol. The highest BCUT2D eigenvalue weighted by Gasteiger charge is 2.17. The van der Waals surface area contributed by atoms with Gasteiger partial charge >= 0.3 is 0 Å². The number of phenols is 1. The van der Waals surface area contributed by atoms with E-state index in [2.05, 4.69) is 15.6 Å². The van der Waals surface area contributed by atoms with Crippen LogP contribution in [0.15, 0.2) is 23.0 Å². The quantitative estimate of drug-likeness (QED) is 0.588. The van der Waals surface area contributed by atoms with Crippen LogP contribution in [0.2, 0.25) is 0 Å². The van der Waals surface area contributed by atoms with Crippen LogP contribution in [0, 0.1) is 0 Å². The third kappa shape index (κ3) is 2.59. The van der Waals surface area contributed by atoms with Crippen LogP contribution in [-0.2, 0) is 13.1 Å². The topological polar surface area (TPSA) is 77.2 Å². The molecule has 2 heterocycles. The molecule has 0 saturated carbocycles. The molecule has 0 bridgehead atoms. The Morgan fingerprint density at radius 2 is 1.91 bits per heavy atom. The molecule has 0 radical (unpaired) electrons. The van der Waals surface area contributed by atoms with Crippen LogP contribution in [-0.4, -0.2) is 24.2 Å². The Balaban J connectivity index is 0.00000176. The minimum atomic E-state index is -0.165. The molecule has 0 aliphatic carbocycles. The lowest BCUT2D eigenvalue weighted by atomic mass is 10.0. The predicted molar refractivity (Wildman–Crippen MR) is 94.4 cm³/mol. The molecule has 0 fully saturated rings. The summed E-state index contributed by atoms with van der Waals surface area (Å²) in [5, 5.41) is 18.7. The van der Waals surface area contributed by atoms with Gasteiger partial charge in [0, 0.05) is 28.7 Å². The highest BCUT2D eigenvalue weighted by Crippen LogP contribution is 2.37. The molecule has 7 heteroatoms. The van der Waals surface area contributed by atoms with Crippen LogP contribution < -0.4 is 16.2 Å². The van der Waals surface area contributed by atoms with Crippen molar-refractivity contribution in [3.63, 3.8) is 0 Å². The van der Waals surface area contributed by atoms with Crippen LogP contribution in [0.3, 0.4) is 0 Å². The fourth-order valence-electron chi connectivity index (χ4n) is 2.69. The summed E-state index contributed by atoms with van der Waals surface area (Å²) in [6.07, 6.45) is 0. The number of fused-ring (bicyclic) bond motifs is 3. The van der Waals surface area contributed by atoms with E-state index < -0.39 is 0 Å². The molecule has 118 valence electrons. The van der Waals surface area contributed by atoms with E-state index in [-0.39, 0.29) is 23.7 Å². The first-order valence-corrected chi connectivity index (χ1v) is 7.56. The van der Waals surface area contributed by atoms with Gasteiger partial charge in [0.2, 0.25) is 0 Å². The molecule has 0 amide bonds. The molecule has 5 nitrogen and oxygen atoms in total. The number of phenolic OH excluding ortho intramolecular Hbond substituents is 1. The Morgan fingerprint density at radius 1 is 1.18 bits per heavy atom. The van der Waals surface area contributed by atoms with Gasteiger partial charge in [-0.1, -0.05) is 6.07 Å². The third-order valence-corrected chi connectivity index (χ3v) is 4.69. The molecule has 0 aliphatic rings. The number of rotatable bonds is 4. The molecule has 4 N–H and O–H groups in total. The standard InChI is InChI=1S/C15H17N3O2S.ClH/c1-16-6-9-11(7-17-2)21-15-13(9)12-8(14(20)18-15)4-3-5-10(12)19;/h3-5,16-17,19H,6-7H2,1-2H3,(H,18,20);1H. The lowest BCUT2D eigenvalue weighted by Crippen LogP contribution is -2.11. The maximum atomic E-state index is 12.2. The molecule has 3 rings (SSSR count). The minimum absolute atomic E-state index is 0. The van der Waals surface area contributed by atoms with Crippen molar-refractivity contribution in [3.8, 4) is 5.75 Å². The summed E-state index contributed by atoms with van der Waals surface area (Å²) in [7, 11) is 3.78. The van der Waals surface area contributed by atoms with E-state index >= 15 is 0 Å². The SMILES string of the molecule is CNCc1sc2[nH]c(=O)c3cccc(O)c3c2c1CNC.Cl. The predicted octanol–water partition coefficient (Wildman–Crippen LogP) is 2.31. The van der Waals surface area contributed by atoms with Crippen LogP contribution in [0.4, 0.5) is 0 Å². The van der Waals surface area contributed by atoms with Crippen molar-refractivity contribution in [3.05, 3.63) is 39.0 Å². The second-order valence-corrected chi connectivity index (χ2v) is 6.03. The number of hydrogen-bond acceptors (Lipinski definition) is 5. The molecular formula is C15H18ClN3O2S. The number of thiophene rings is 1. The number of hydrogen-bond donors (Lipinski definition) is 4. The van der Waals surface area contributed by atoms with Crippen molar-refractivity contribution in [2.45, 2.75) is 13.1 Å². The van der Waals surface area contributed by atoms with E-state index in [1.54, 1.807) is 29.5 Å². The second kappa shape index (κ2) is 6.66. The number of H-pyrrole nitrogens is 1. The molecule has 0 aliphatic heterocycles. The van der Waals surface area contributed by atoms with Crippen LogP contribution in [0.5, 0.6) is 5.75 Å². The van der Waals surface area contributed by atoms with Gasteiger partial charge in [-0.2, -0.15) is 0 Å². The van der Waals surface area contributed by atoms with Crippen molar-refractivity contribution in [1.82, 2.24) is 15.6 Å². The van der Waals surface area contributed by atoms with E-state index in [1.165, 1.54) is 0 Å². The average Bonchev–Trinajstić information content (AvgIpc) is 2.78. The lowest BCUT2D eigenvalue weighted by molar-refractivity contribution is 0.482. The number of pyridine rings is 1. The Morgan fingerprint density at radius 3 is 2.59 bits per heavy atom. The zero-order chi connectivity index (χ0) is 15.0. The van der Waals surface area contributed by atoms with Crippen LogP contribution in [0.25, 0.3) is 21.0 Å². The molecular weight excluding hydrogens is 322 g/mol. The largest absolute Gasteiger partial charge is 0.507 e. The monoisotopic (exact) mass is 339 g/mol. The number of aromatic nitrogens is 1.